The number of hydrogen-bond acceptors (Lipinski definition) is 5. The number of pyridine rings is 1. The van der Waals surface area contributed by atoms with Crippen LogP contribution in [0.25, 0.3) is 11.1 Å². The van der Waals surface area contributed by atoms with E-state index in [0.29, 0.717) is 40.9 Å². The summed E-state index contributed by atoms with van der Waals surface area (Å²) in [6.07, 6.45) is 2.28. The average molecular weight is 475 g/mol. The second-order valence-corrected chi connectivity index (χ2v) is 9.99. The summed E-state index contributed by atoms with van der Waals surface area (Å²) in [6.45, 7) is 3.93. The number of halogens is 2. The third-order valence-corrected chi connectivity index (χ3v) is 6.46. The van der Waals surface area contributed by atoms with Gasteiger partial charge in [-0.1, -0.05) is 0 Å². The van der Waals surface area contributed by atoms with Crippen molar-refractivity contribution in [1.29, 1.82) is 0 Å². The molecule has 0 amide bonds. The van der Waals surface area contributed by atoms with Gasteiger partial charge in [0.1, 0.15) is 11.6 Å². The van der Waals surface area contributed by atoms with Gasteiger partial charge >= 0.3 is 0 Å². The zero-order valence-electron chi connectivity index (χ0n) is 18.3. The Bertz CT molecular complexity index is 1280. The highest BCUT2D eigenvalue weighted by atomic mass is 32.2. The van der Waals surface area contributed by atoms with E-state index >= 15 is 0 Å². The van der Waals surface area contributed by atoms with Gasteiger partial charge in [0, 0.05) is 29.1 Å². The first-order valence-electron chi connectivity index (χ1n) is 10.6. The SMILES string of the molecule is CCS(=O)(=O)Nc1ccc(Oc2ccc(F)cc2F)c(-c2cc(C)nc(OCC3CC3)c2)c1. The number of rotatable bonds is 9. The van der Waals surface area contributed by atoms with E-state index in [1.165, 1.54) is 25.1 Å². The Balaban J connectivity index is 1.75. The standard InChI is InChI=1S/C24H24F2N2O4S/c1-3-33(29,30)28-19-7-9-22(32-23-8-6-18(25)12-21(23)26)20(13-19)17-10-15(2)27-24(11-17)31-14-16-4-5-16/h6-13,16,28H,3-5,14H2,1-2H3. The van der Waals surface area contributed by atoms with Gasteiger partial charge in [-0.3, -0.25) is 4.72 Å². The van der Waals surface area contributed by atoms with Crippen LogP contribution in [0.3, 0.4) is 0 Å². The fourth-order valence-electron chi connectivity index (χ4n) is 3.19. The Labute approximate surface area is 191 Å². The molecule has 0 bridgehead atoms. The van der Waals surface area contributed by atoms with Crippen molar-refractivity contribution in [2.45, 2.75) is 26.7 Å². The Kier molecular flexibility index (Phi) is 6.51. The summed E-state index contributed by atoms with van der Waals surface area (Å²) >= 11 is 0. The van der Waals surface area contributed by atoms with Crippen molar-refractivity contribution in [3.05, 3.63) is 65.9 Å². The quantitative estimate of drug-likeness (QED) is 0.432. The molecule has 9 heteroatoms. The molecule has 1 N–H and O–H groups in total. The predicted octanol–water partition coefficient (Wildman–Crippen LogP) is 5.68. The summed E-state index contributed by atoms with van der Waals surface area (Å²) < 4.78 is 65.8. The lowest BCUT2D eigenvalue weighted by Crippen LogP contribution is -2.14. The zero-order valence-corrected chi connectivity index (χ0v) is 19.1. The predicted molar refractivity (Wildman–Crippen MR) is 122 cm³/mol. The minimum absolute atomic E-state index is 0.0884. The van der Waals surface area contributed by atoms with E-state index in [1.807, 2.05) is 6.92 Å². The van der Waals surface area contributed by atoms with Gasteiger partial charge in [0.05, 0.1) is 12.4 Å². The maximum atomic E-state index is 14.2. The van der Waals surface area contributed by atoms with Crippen LogP contribution in [0.4, 0.5) is 14.5 Å². The van der Waals surface area contributed by atoms with E-state index in [9.17, 15) is 17.2 Å². The first-order valence-corrected chi connectivity index (χ1v) is 12.3. The molecule has 3 aromatic rings. The minimum Gasteiger partial charge on any atom is -0.477 e. The Hall–Kier alpha value is -3.20. The van der Waals surface area contributed by atoms with Crippen molar-refractivity contribution in [2.75, 3.05) is 17.1 Å². The lowest BCUT2D eigenvalue weighted by molar-refractivity contribution is 0.288. The van der Waals surface area contributed by atoms with E-state index in [2.05, 4.69) is 9.71 Å². The number of nitrogens with one attached hydrogen (secondary N) is 1. The fourth-order valence-corrected chi connectivity index (χ4v) is 3.82. The van der Waals surface area contributed by atoms with Crippen LogP contribution < -0.4 is 14.2 Å². The van der Waals surface area contributed by atoms with Crippen LogP contribution in [0.5, 0.6) is 17.4 Å². The second-order valence-electron chi connectivity index (χ2n) is 7.98. The van der Waals surface area contributed by atoms with Crippen LogP contribution in [0, 0.1) is 24.5 Å². The van der Waals surface area contributed by atoms with E-state index in [-0.39, 0.29) is 17.3 Å². The molecule has 4 rings (SSSR count). The highest BCUT2D eigenvalue weighted by Gasteiger charge is 2.22. The smallest absolute Gasteiger partial charge is 0.232 e. The molecule has 2 aromatic carbocycles. The van der Waals surface area contributed by atoms with Crippen LogP contribution in [0.15, 0.2) is 48.5 Å². The Morgan fingerprint density at radius 3 is 2.52 bits per heavy atom. The number of anilines is 1. The molecular weight excluding hydrogens is 450 g/mol. The maximum Gasteiger partial charge on any atom is 0.232 e. The molecule has 174 valence electrons. The van der Waals surface area contributed by atoms with Crippen LogP contribution >= 0.6 is 0 Å². The second kappa shape index (κ2) is 9.35. The molecular formula is C24H24F2N2O4S. The molecule has 33 heavy (non-hydrogen) atoms. The fraction of sp³-hybridized carbons (Fsp3) is 0.292. The van der Waals surface area contributed by atoms with Crippen molar-refractivity contribution in [3.8, 4) is 28.5 Å². The van der Waals surface area contributed by atoms with Crippen molar-refractivity contribution in [2.24, 2.45) is 5.92 Å². The van der Waals surface area contributed by atoms with Crippen molar-refractivity contribution in [1.82, 2.24) is 4.98 Å². The highest BCUT2D eigenvalue weighted by molar-refractivity contribution is 7.92. The third kappa shape index (κ3) is 5.98. The third-order valence-electron chi connectivity index (χ3n) is 5.15. The lowest BCUT2D eigenvalue weighted by Gasteiger charge is -2.16. The zero-order chi connectivity index (χ0) is 23.6. The van der Waals surface area contributed by atoms with E-state index in [1.54, 1.807) is 18.2 Å². The number of benzene rings is 2. The molecule has 1 aliphatic carbocycles. The van der Waals surface area contributed by atoms with Crippen LogP contribution in [-0.2, 0) is 10.0 Å². The summed E-state index contributed by atoms with van der Waals surface area (Å²) in [4.78, 5) is 4.42. The molecule has 0 saturated heterocycles. The topological polar surface area (TPSA) is 77.5 Å². The van der Waals surface area contributed by atoms with Crippen molar-refractivity contribution >= 4 is 15.7 Å². The molecule has 1 aliphatic rings. The van der Waals surface area contributed by atoms with E-state index < -0.39 is 21.7 Å². The summed E-state index contributed by atoms with van der Waals surface area (Å²) in [5.74, 6) is -0.565. The van der Waals surface area contributed by atoms with Gasteiger partial charge < -0.3 is 9.47 Å². The molecule has 0 atom stereocenters. The molecule has 6 nitrogen and oxygen atoms in total. The molecule has 1 fully saturated rings. The normalized spacial score (nSPS) is 13.6. The first kappa shape index (κ1) is 23.0. The van der Waals surface area contributed by atoms with Gasteiger partial charge in [0.2, 0.25) is 15.9 Å². The van der Waals surface area contributed by atoms with Crippen LogP contribution in [0.1, 0.15) is 25.5 Å². The summed E-state index contributed by atoms with van der Waals surface area (Å²) in [5, 5.41) is 0. The van der Waals surface area contributed by atoms with Crippen LogP contribution in [-0.4, -0.2) is 25.8 Å². The molecule has 0 radical (unpaired) electrons. The number of ether oxygens (including phenoxy) is 2. The van der Waals surface area contributed by atoms with Crippen LogP contribution in [0.2, 0.25) is 0 Å². The largest absolute Gasteiger partial charge is 0.477 e. The number of sulfonamides is 1. The van der Waals surface area contributed by atoms with Crippen molar-refractivity contribution in [3.63, 3.8) is 0 Å². The Morgan fingerprint density at radius 2 is 1.82 bits per heavy atom. The monoisotopic (exact) mass is 474 g/mol. The summed E-state index contributed by atoms with van der Waals surface area (Å²) in [7, 11) is -3.51. The van der Waals surface area contributed by atoms with Gasteiger partial charge in [-0.15, -0.1) is 0 Å². The molecule has 0 spiro atoms. The number of aryl methyl sites for hydroxylation is 1. The van der Waals surface area contributed by atoms with Gasteiger partial charge in [0.25, 0.3) is 0 Å². The molecule has 1 heterocycles. The van der Waals surface area contributed by atoms with Gasteiger partial charge in [0.15, 0.2) is 11.6 Å². The molecule has 0 unspecified atom stereocenters. The molecule has 1 aromatic heterocycles. The summed E-state index contributed by atoms with van der Waals surface area (Å²) in [5.41, 5.74) is 2.17. The summed E-state index contributed by atoms with van der Waals surface area (Å²) in [6, 6.07) is 11.2. The van der Waals surface area contributed by atoms with Crippen molar-refractivity contribution < 1.29 is 26.7 Å². The Morgan fingerprint density at radius 1 is 1.06 bits per heavy atom. The van der Waals surface area contributed by atoms with Gasteiger partial charge in [-0.2, -0.15) is 0 Å². The first-order chi connectivity index (χ1) is 15.7. The number of nitrogens with zero attached hydrogens (tertiary/aromatic N) is 1. The molecule has 1 saturated carbocycles. The highest BCUT2D eigenvalue weighted by Crippen LogP contribution is 2.38. The number of hydrogen-bond donors (Lipinski definition) is 1. The van der Waals surface area contributed by atoms with Gasteiger partial charge in [-0.25, -0.2) is 22.2 Å². The maximum absolute atomic E-state index is 14.2. The number of aromatic nitrogens is 1. The lowest BCUT2D eigenvalue weighted by atomic mass is 10.0. The van der Waals surface area contributed by atoms with Gasteiger partial charge in [-0.05, 0) is 74.6 Å². The van der Waals surface area contributed by atoms with E-state index in [0.717, 1.165) is 25.0 Å². The average Bonchev–Trinajstić information content (AvgIpc) is 3.59. The molecule has 0 aliphatic heterocycles. The van der Waals surface area contributed by atoms with E-state index in [4.69, 9.17) is 9.47 Å². The minimum atomic E-state index is -3.51.